The molecule has 0 N–H and O–H groups in total. The van der Waals surface area contributed by atoms with E-state index in [9.17, 15) is 0 Å². The molecule has 0 aliphatic carbocycles. The van der Waals surface area contributed by atoms with Crippen molar-refractivity contribution in [1.29, 1.82) is 0 Å². The summed E-state index contributed by atoms with van der Waals surface area (Å²) in [5.41, 5.74) is 2.36. The Balaban J connectivity index is 1.57. The van der Waals surface area contributed by atoms with E-state index in [0.717, 1.165) is 48.3 Å². The molecule has 1 aliphatic heterocycles. The van der Waals surface area contributed by atoms with E-state index in [4.69, 9.17) is 16.3 Å². The number of piperazine rings is 1. The molecule has 1 saturated heterocycles. The van der Waals surface area contributed by atoms with Crippen molar-refractivity contribution in [3.05, 3.63) is 64.9 Å². The van der Waals surface area contributed by atoms with E-state index in [1.54, 1.807) is 7.11 Å². The first-order valence-corrected chi connectivity index (χ1v) is 10.6. The molecular formula is C22H27ClN6O. The van der Waals surface area contributed by atoms with E-state index >= 15 is 0 Å². The SMILES string of the molecule is COc1ccc(N2CCN([C@@H](c3ccc(Cl)cc3)c3nnnn3C(C)C)CC2)cc1. The standard InChI is InChI=1S/C22H27ClN6O/c1-16(2)29-22(24-25-26-29)21(17-4-6-18(23)7-5-17)28-14-12-27(13-15-28)19-8-10-20(30-3)11-9-19/h4-11,16,21H,12-15H2,1-3H3/t21-/m0/s1. The highest BCUT2D eigenvalue weighted by atomic mass is 35.5. The molecule has 3 aromatic rings. The molecule has 0 spiro atoms. The van der Waals surface area contributed by atoms with Crippen LogP contribution in [0.25, 0.3) is 0 Å². The van der Waals surface area contributed by atoms with E-state index in [0.29, 0.717) is 0 Å². The topological polar surface area (TPSA) is 59.3 Å². The first-order chi connectivity index (χ1) is 14.6. The first-order valence-electron chi connectivity index (χ1n) is 10.2. The molecule has 8 heteroatoms. The highest BCUT2D eigenvalue weighted by Crippen LogP contribution is 2.31. The third kappa shape index (κ3) is 4.27. The Kier molecular flexibility index (Phi) is 6.20. The first kappa shape index (κ1) is 20.6. The summed E-state index contributed by atoms with van der Waals surface area (Å²) in [5, 5.41) is 13.3. The predicted molar refractivity (Wildman–Crippen MR) is 118 cm³/mol. The number of methoxy groups -OCH3 is 1. The molecular weight excluding hydrogens is 400 g/mol. The summed E-state index contributed by atoms with van der Waals surface area (Å²) in [6.07, 6.45) is 0. The maximum atomic E-state index is 6.14. The highest BCUT2D eigenvalue weighted by molar-refractivity contribution is 6.30. The van der Waals surface area contributed by atoms with E-state index in [-0.39, 0.29) is 12.1 Å². The summed E-state index contributed by atoms with van der Waals surface area (Å²) in [5.74, 6) is 1.74. The average molecular weight is 427 g/mol. The summed E-state index contributed by atoms with van der Waals surface area (Å²) in [4.78, 5) is 4.86. The third-order valence-electron chi connectivity index (χ3n) is 5.55. The Bertz CT molecular complexity index is 949. The summed E-state index contributed by atoms with van der Waals surface area (Å²) >= 11 is 6.14. The fourth-order valence-corrected chi connectivity index (χ4v) is 4.07. The van der Waals surface area contributed by atoms with Crippen LogP contribution in [-0.2, 0) is 0 Å². The summed E-state index contributed by atoms with van der Waals surface area (Å²) in [6, 6.07) is 16.4. The molecule has 1 fully saturated rings. The zero-order valence-electron chi connectivity index (χ0n) is 17.6. The normalized spacial score (nSPS) is 16.1. The second-order valence-corrected chi connectivity index (χ2v) is 8.19. The number of aromatic nitrogens is 4. The number of benzene rings is 2. The lowest BCUT2D eigenvalue weighted by Crippen LogP contribution is -2.48. The van der Waals surface area contributed by atoms with Crippen molar-refractivity contribution in [2.75, 3.05) is 38.2 Å². The van der Waals surface area contributed by atoms with Crippen LogP contribution < -0.4 is 9.64 Å². The van der Waals surface area contributed by atoms with Gasteiger partial charge in [0.05, 0.1) is 19.2 Å². The van der Waals surface area contributed by atoms with Crippen molar-refractivity contribution >= 4 is 17.3 Å². The number of ether oxygens (including phenoxy) is 1. The highest BCUT2D eigenvalue weighted by Gasteiger charge is 2.31. The van der Waals surface area contributed by atoms with Gasteiger partial charge in [-0.1, -0.05) is 23.7 Å². The minimum atomic E-state index is -0.0160. The molecule has 2 aromatic carbocycles. The molecule has 0 unspecified atom stereocenters. The van der Waals surface area contributed by atoms with Crippen LogP contribution in [0.3, 0.4) is 0 Å². The molecule has 158 valence electrons. The Labute approximate surface area is 182 Å². The summed E-state index contributed by atoms with van der Waals surface area (Å²) in [7, 11) is 1.69. The van der Waals surface area contributed by atoms with Gasteiger partial charge in [0, 0.05) is 36.9 Å². The molecule has 1 aliphatic rings. The molecule has 0 radical (unpaired) electrons. The second kappa shape index (κ2) is 9.02. The smallest absolute Gasteiger partial charge is 0.173 e. The van der Waals surface area contributed by atoms with Crippen molar-refractivity contribution in [2.24, 2.45) is 0 Å². The molecule has 2 heterocycles. The summed E-state index contributed by atoms with van der Waals surface area (Å²) < 4.78 is 7.19. The number of tetrazole rings is 1. The quantitative estimate of drug-likeness (QED) is 0.597. The van der Waals surface area contributed by atoms with Crippen molar-refractivity contribution in [2.45, 2.75) is 25.9 Å². The van der Waals surface area contributed by atoms with Gasteiger partial charge < -0.3 is 9.64 Å². The van der Waals surface area contributed by atoms with Crippen molar-refractivity contribution in [3.63, 3.8) is 0 Å². The van der Waals surface area contributed by atoms with Crippen LogP contribution in [0.2, 0.25) is 5.02 Å². The number of hydrogen-bond donors (Lipinski definition) is 0. The third-order valence-corrected chi connectivity index (χ3v) is 5.81. The molecule has 0 amide bonds. The zero-order valence-corrected chi connectivity index (χ0v) is 18.3. The van der Waals surface area contributed by atoms with Crippen molar-refractivity contribution < 1.29 is 4.74 Å². The molecule has 0 saturated carbocycles. The fraction of sp³-hybridized carbons (Fsp3) is 0.409. The van der Waals surface area contributed by atoms with Crippen LogP contribution in [0.15, 0.2) is 48.5 Å². The average Bonchev–Trinajstić information content (AvgIpc) is 3.26. The zero-order chi connectivity index (χ0) is 21.1. The Hall–Kier alpha value is -2.64. The number of anilines is 1. The molecule has 1 atom stereocenters. The minimum absolute atomic E-state index is 0.0160. The van der Waals surface area contributed by atoms with Crippen LogP contribution in [0.1, 0.15) is 37.3 Å². The van der Waals surface area contributed by atoms with Gasteiger partial charge >= 0.3 is 0 Å². The van der Waals surface area contributed by atoms with E-state index in [1.807, 2.05) is 28.9 Å². The Morgan fingerprint density at radius 1 is 0.933 bits per heavy atom. The van der Waals surface area contributed by atoms with Gasteiger partial charge in [-0.25, -0.2) is 4.68 Å². The van der Waals surface area contributed by atoms with Crippen molar-refractivity contribution in [1.82, 2.24) is 25.1 Å². The Morgan fingerprint density at radius 3 is 2.20 bits per heavy atom. The number of rotatable bonds is 6. The summed E-state index contributed by atoms with van der Waals surface area (Å²) in [6.45, 7) is 7.87. The lowest BCUT2D eigenvalue weighted by Gasteiger charge is -2.40. The lowest BCUT2D eigenvalue weighted by molar-refractivity contribution is 0.199. The predicted octanol–water partition coefficient (Wildman–Crippen LogP) is 3.83. The maximum absolute atomic E-state index is 6.14. The van der Waals surface area contributed by atoms with Gasteiger partial charge in [0.25, 0.3) is 0 Å². The van der Waals surface area contributed by atoms with Crippen LogP contribution in [-0.4, -0.2) is 58.4 Å². The van der Waals surface area contributed by atoms with E-state index in [2.05, 4.69) is 63.4 Å². The number of nitrogens with zero attached hydrogens (tertiary/aromatic N) is 6. The van der Waals surface area contributed by atoms with Crippen LogP contribution in [0, 0.1) is 0 Å². The van der Waals surface area contributed by atoms with Gasteiger partial charge in [-0.3, -0.25) is 4.90 Å². The lowest BCUT2D eigenvalue weighted by atomic mass is 10.0. The van der Waals surface area contributed by atoms with Crippen LogP contribution in [0.4, 0.5) is 5.69 Å². The molecule has 30 heavy (non-hydrogen) atoms. The van der Waals surface area contributed by atoms with Gasteiger partial charge in [-0.05, 0) is 66.2 Å². The van der Waals surface area contributed by atoms with Crippen LogP contribution in [0.5, 0.6) is 5.75 Å². The fourth-order valence-electron chi connectivity index (χ4n) is 3.95. The monoisotopic (exact) mass is 426 g/mol. The largest absolute Gasteiger partial charge is 0.497 e. The van der Waals surface area contributed by atoms with Gasteiger partial charge in [-0.2, -0.15) is 0 Å². The molecule has 7 nitrogen and oxygen atoms in total. The molecule has 4 rings (SSSR count). The molecule has 0 bridgehead atoms. The van der Waals surface area contributed by atoms with Gasteiger partial charge in [0.2, 0.25) is 0 Å². The minimum Gasteiger partial charge on any atom is -0.497 e. The van der Waals surface area contributed by atoms with E-state index in [1.165, 1.54) is 5.69 Å². The van der Waals surface area contributed by atoms with E-state index < -0.39 is 0 Å². The van der Waals surface area contributed by atoms with Gasteiger partial charge in [-0.15, -0.1) is 5.10 Å². The van der Waals surface area contributed by atoms with Gasteiger partial charge in [0.15, 0.2) is 5.82 Å². The Morgan fingerprint density at radius 2 is 1.60 bits per heavy atom. The maximum Gasteiger partial charge on any atom is 0.173 e. The second-order valence-electron chi connectivity index (χ2n) is 7.75. The van der Waals surface area contributed by atoms with Gasteiger partial charge in [0.1, 0.15) is 5.75 Å². The number of hydrogen-bond acceptors (Lipinski definition) is 6. The number of halogens is 1. The molecule has 1 aromatic heterocycles. The van der Waals surface area contributed by atoms with Crippen LogP contribution >= 0.6 is 11.6 Å². The van der Waals surface area contributed by atoms with Crippen molar-refractivity contribution in [3.8, 4) is 5.75 Å².